The number of hydrogen-bond acceptors (Lipinski definition) is 2. The normalized spacial score (nSPS) is 10.7. The average molecular weight is 392 g/mol. The Morgan fingerprint density at radius 3 is 2.61 bits per heavy atom. The fraction of sp³-hybridized carbons (Fsp3) is 0.167. The predicted molar refractivity (Wildman–Crippen MR) is 96.3 cm³/mol. The summed E-state index contributed by atoms with van der Waals surface area (Å²) < 4.78 is 8.32. The van der Waals surface area contributed by atoms with E-state index in [2.05, 4.69) is 43.7 Å². The van der Waals surface area contributed by atoms with Crippen molar-refractivity contribution < 1.29 is 4.74 Å². The summed E-state index contributed by atoms with van der Waals surface area (Å²) in [7, 11) is 1.67. The summed E-state index contributed by atoms with van der Waals surface area (Å²) >= 11 is 9.60. The summed E-state index contributed by atoms with van der Waals surface area (Å²) in [4.78, 5) is 4.48. The minimum absolute atomic E-state index is 0.725. The first-order chi connectivity index (χ1) is 11.1. The Bertz CT molecular complexity index is 779. The molecule has 5 heteroatoms. The van der Waals surface area contributed by atoms with E-state index in [-0.39, 0.29) is 0 Å². The smallest absolute Gasteiger partial charge is 0.118 e. The van der Waals surface area contributed by atoms with Gasteiger partial charge in [0.25, 0.3) is 0 Å². The molecule has 118 valence electrons. The molecule has 0 aliphatic carbocycles. The van der Waals surface area contributed by atoms with Crippen molar-refractivity contribution >= 4 is 27.5 Å². The van der Waals surface area contributed by atoms with E-state index in [1.807, 2.05) is 36.7 Å². The highest BCUT2D eigenvalue weighted by molar-refractivity contribution is 9.10. The molecule has 0 fully saturated rings. The van der Waals surface area contributed by atoms with E-state index in [1.165, 1.54) is 5.56 Å². The lowest BCUT2D eigenvalue weighted by atomic mass is 10.1. The first-order valence-corrected chi connectivity index (χ1v) is 8.39. The lowest BCUT2D eigenvalue weighted by Gasteiger charge is -2.09. The molecule has 0 amide bonds. The van der Waals surface area contributed by atoms with Crippen molar-refractivity contribution in [3.63, 3.8) is 0 Å². The van der Waals surface area contributed by atoms with E-state index in [4.69, 9.17) is 16.3 Å². The summed E-state index contributed by atoms with van der Waals surface area (Å²) in [6, 6.07) is 14.0. The standard InChI is InChI=1S/C18H16BrClN2O/c1-23-17-4-2-13(3-5-17)12-22-7-6-21-18(22)10-14-8-15(19)11-16(20)9-14/h2-9,11H,10,12H2,1H3. The Labute approximate surface area is 149 Å². The first-order valence-electron chi connectivity index (χ1n) is 7.22. The van der Waals surface area contributed by atoms with Gasteiger partial charge in [-0.1, -0.05) is 39.7 Å². The summed E-state index contributed by atoms with van der Waals surface area (Å²) in [6.07, 6.45) is 4.57. The van der Waals surface area contributed by atoms with Crippen LogP contribution in [0.25, 0.3) is 0 Å². The molecule has 3 rings (SSSR count). The molecule has 0 bridgehead atoms. The minimum atomic E-state index is 0.725. The molecule has 0 aliphatic heterocycles. The molecular weight excluding hydrogens is 376 g/mol. The molecule has 1 heterocycles. The Morgan fingerprint density at radius 2 is 1.91 bits per heavy atom. The van der Waals surface area contributed by atoms with Crippen molar-refractivity contribution in [2.24, 2.45) is 0 Å². The third-order valence-corrected chi connectivity index (χ3v) is 4.27. The molecule has 0 atom stereocenters. The van der Waals surface area contributed by atoms with E-state index < -0.39 is 0 Å². The van der Waals surface area contributed by atoms with Gasteiger partial charge in [-0.3, -0.25) is 0 Å². The van der Waals surface area contributed by atoms with Crippen LogP contribution in [0, 0.1) is 0 Å². The fourth-order valence-electron chi connectivity index (χ4n) is 2.47. The first kappa shape index (κ1) is 16.1. The van der Waals surface area contributed by atoms with Gasteiger partial charge in [0.05, 0.1) is 7.11 Å². The molecule has 23 heavy (non-hydrogen) atoms. The lowest BCUT2D eigenvalue weighted by molar-refractivity contribution is 0.414. The van der Waals surface area contributed by atoms with E-state index in [1.54, 1.807) is 7.11 Å². The summed E-state index contributed by atoms with van der Waals surface area (Å²) in [6.45, 7) is 0.779. The number of imidazole rings is 1. The van der Waals surface area contributed by atoms with E-state index >= 15 is 0 Å². The molecule has 0 saturated carbocycles. The quantitative estimate of drug-likeness (QED) is 0.615. The van der Waals surface area contributed by atoms with Crippen LogP contribution in [0.5, 0.6) is 5.75 Å². The number of rotatable bonds is 5. The predicted octanol–water partition coefficient (Wildman–Crippen LogP) is 4.95. The van der Waals surface area contributed by atoms with Crippen LogP contribution in [0.2, 0.25) is 5.02 Å². The van der Waals surface area contributed by atoms with E-state index in [0.29, 0.717) is 0 Å². The summed E-state index contributed by atoms with van der Waals surface area (Å²) in [5, 5.41) is 0.725. The second-order valence-electron chi connectivity index (χ2n) is 5.27. The van der Waals surface area contributed by atoms with E-state index in [9.17, 15) is 0 Å². The average Bonchev–Trinajstić information content (AvgIpc) is 2.94. The number of hydrogen-bond donors (Lipinski definition) is 0. The maximum Gasteiger partial charge on any atom is 0.118 e. The zero-order valence-corrected chi connectivity index (χ0v) is 15.0. The molecule has 0 saturated heterocycles. The number of benzene rings is 2. The zero-order chi connectivity index (χ0) is 16.2. The van der Waals surface area contributed by atoms with E-state index in [0.717, 1.165) is 39.6 Å². The molecular formula is C18H16BrClN2O. The third kappa shape index (κ3) is 4.15. The van der Waals surface area contributed by atoms with Gasteiger partial charge in [0.1, 0.15) is 11.6 Å². The van der Waals surface area contributed by atoms with Gasteiger partial charge in [-0.05, 0) is 41.5 Å². The second-order valence-corrected chi connectivity index (χ2v) is 6.63. The minimum Gasteiger partial charge on any atom is -0.497 e. The highest BCUT2D eigenvalue weighted by Crippen LogP contribution is 2.21. The molecule has 0 spiro atoms. The molecule has 0 radical (unpaired) electrons. The van der Waals surface area contributed by atoms with Gasteiger partial charge >= 0.3 is 0 Å². The van der Waals surface area contributed by atoms with Crippen LogP contribution in [-0.4, -0.2) is 16.7 Å². The number of methoxy groups -OCH3 is 1. The van der Waals surface area contributed by atoms with Crippen LogP contribution in [0.1, 0.15) is 17.0 Å². The summed E-state index contributed by atoms with van der Waals surface area (Å²) in [5.74, 6) is 1.87. The fourth-order valence-corrected chi connectivity index (χ4v) is 3.40. The van der Waals surface area contributed by atoms with Gasteiger partial charge in [0, 0.05) is 34.9 Å². The van der Waals surface area contributed by atoms with Crippen LogP contribution in [0.4, 0.5) is 0 Å². The highest BCUT2D eigenvalue weighted by atomic mass is 79.9. The number of ether oxygens (including phenoxy) is 1. The van der Waals surface area contributed by atoms with Crippen molar-refractivity contribution in [3.8, 4) is 5.75 Å². The largest absolute Gasteiger partial charge is 0.497 e. The van der Waals surface area contributed by atoms with Crippen molar-refractivity contribution in [1.82, 2.24) is 9.55 Å². The summed E-state index contributed by atoms with van der Waals surface area (Å²) in [5.41, 5.74) is 2.34. The molecule has 3 aromatic rings. The number of aromatic nitrogens is 2. The van der Waals surface area contributed by atoms with Crippen LogP contribution in [0.3, 0.4) is 0 Å². The molecule has 1 aromatic heterocycles. The van der Waals surface area contributed by atoms with Gasteiger partial charge < -0.3 is 9.30 Å². The Hall–Kier alpha value is -1.78. The topological polar surface area (TPSA) is 27.1 Å². The number of halogens is 2. The van der Waals surface area contributed by atoms with Crippen molar-refractivity contribution in [2.45, 2.75) is 13.0 Å². The van der Waals surface area contributed by atoms with Gasteiger partial charge in [-0.25, -0.2) is 4.98 Å². The van der Waals surface area contributed by atoms with Gasteiger partial charge in [0.15, 0.2) is 0 Å². The van der Waals surface area contributed by atoms with Crippen LogP contribution in [0.15, 0.2) is 59.3 Å². The number of nitrogens with zero attached hydrogens (tertiary/aromatic N) is 2. The van der Waals surface area contributed by atoms with Gasteiger partial charge in [0.2, 0.25) is 0 Å². The Balaban J connectivity index is 1.78. The Kier molecular flexibility index (Phi) is 5.03. The molecule has 2 aromatic carbocycles. The van der Waals surface area contributed by atoms with Gasteiger partial charge in [-0.2, -0.15) is 0 Å². The molecule has 0 aliphatic rings. The maximum absolute atomic E-state index is 6.12. The van der Waals surface area contributed by atoms with Gasteiger partial charge in [-0.15, -0.1) is 0 Å². The highest BCUT2D eigenvalue weighted by Gasteiger charge is 2.07. The monoisotopic (exact) mass is 390 g/mol. The molecule has 0 N–H and O–H groups in total. The molecule has 0 unspecified atom stereocenters. The van der Waals surface area contributed by atoms with Crippen molar-refractivity contribution in [3.05, 3.63) is 81.3 Å². The third-order valence-electron chi connectivity index (χ3n) is 3.60. The SMILES string of the molecule is COc1ccc(Cn2ccnc2Cc2cc(Cl)cc(Br)c2)cc1. The van der Waals surface area contributed by atoms with Crippen molar-refractivity contribution in [2.75, 3.05) is 7.11 Å². The van der Waals surface area contributed by atoms with Crippen LogP contribution in [-0.2, 0) is 13.0 Å². The Morgan fingerprint density at radius 1 is 1.13 bits per heavy atom. The van der Waals surface area contributed by atoms with Crippen LogP contribution < -0.4 is 4.74 Å². The second kappa shape index (κ2) is 7.20. The molecule has 3 nitrogen and oxygen atoms in total. The van der Waals surface area contributed by atoms with Crippen molar-refractivity contribution in [1.29, 1.82) is 0 Å². The lowest BCUT2D eigenvalue weighted by Crippen LogP contribution is -2.05. The van der Waals surface area contributed by atoms with Crippen LogP contribution >= 0.6 is 27.5 Å². The maximum atomic E-state index is 6.12. The zero-order valence-electron chi connectivity index (χ0n) is 12.7.